The van der Waals surface area contributed by atoms with Crippen LogP contribution in [0, 0.1) is 0 Å². The van der Waals surface area contributed by atoms with Crippen molar-refractivity contribution in [1.29, 1.82) is 0 Å². The van der Waals surface area contributed by atoms with E-state index >= 15 is 0 Å². The lowest BCUT2D eigenvalue weighted by Gasteiger charge is -2.08. The molecule has 0 unspecified atom stereocenters. The second-order valence-electron chi connectivity index (χ2n) is 3.65. The quantitative estimate of drug-likeness (QED) is 0.852. The lowest BCUT2D eigenvalue weighted by atomic mass is 10.3. The summed E-state index contributed by atoms with van der Waals surface area (Å²) in [4.78, 5) is 3.86. The van der Waals surface area contributed by atoms with Crippen molar-refractivity contribution in [2.24, 2.45) is 0 Å². The molecule has 0 amide bonds. The fourth-order valence-corrected chi connectivity index (χ4v) is 2.59. The summed E-state index contributed by atoms with van der Waals surface area (Å²) in [6.45, 7) is 0. The third kappa shape index (κ3) is 3.28. The molecule has 1 aromatic heterocycles. The molecule has 0 aliphatic heterocycles. The van der Waals surface area contributed by atoms with Crippen molar-refractivity contribution in [3.05, 3.63) is 46.6 Å². The number of nitrogen functional groups attached to an aromatic ring is 1. The number of anilines is 2. The Morgan fingerprint density at radius 2 is 1.89 bits per heavy atom. The van der Waals surface area contributed by atoms with Crippen LogP contribution in [0.15, 0.2) is 41.4 Å². The molecule has 5 nitrogen and oxygen atoms in total. The van der Waals surface area contributed by atoms with Crippen LogP contribution in [0.3, 0.4) is 0 Å². The van der Waals surface area contributed by atoms with Gasteiger partial charge >= 0.3 is 0 Å². The molecular formula is C11H9Cl2N3O2S. The molecule has 0 radical (unpaired) electrons. The van der Waals surface area contributed by atoms with Crippen molar-refractivity contribution in [3.8, 4) is 0 Å². The van der Waals surface area contributed by atoms with Crippen molar-refractivity contribution in [1.82, 2.24) is 4.98 Å². The average Bonchev–Trinajstić information content (AvgIpc) is 2.35. The van der Waals surface area contributed by atoms with Crippen molar-refractivity contribution in [3.63, 3.8) is 0 Å². The molecule has 0 saturated heterocycles. The normalized spacial score (nSPS) is 11.3. The van der Waals surface area contributed by atoms with Gasteiger partial charge in [-0.3, -0.25) is 4.72 Å². The number of aromatic nitrogens is 1. The van der Waals surface area contributed by atoms with Gasteiger partial charge in [0.2, 0.25) is 0 Å². The van der Waals surface area contributed by atoms with Gasteiger partial charge in [-0.1, -0.05) is 23.2 Å². The molecule has 1 aromatic carbocycles. The fraction of sp³-hybridized carbons (Fsp3) is 0. The van der Waals surface area contributed by atoms with Crippen LogP contribution in [0.25, 0.3) is 0 Å². The minimum atomic E-state index is -3.76. The minimum Gasteiger partial charge on any atom is -0.397 e. The Bertz CT molecular complexity index is 702. The van der Waals surface area contributed by atoms with Gasteiger partial charge in [0.25, 0.3) is 10.0 Å². The maximum Gasteiger partial charge on any atom is 0.263 e. The van der Waals surface area contributed by atoms with E-state index < -0.39 is 10.0 Å². The van der Waals surface area contributed by atoms with Crippen molar-refractivity contribution >= 4 is 44.7 Å². The molecule has 19 heavy (non-hydrogen) atoms. The second-order valence-corrected chi connectivity index (χ2v) is 6.18. The van der Waals surface area contributed by atoms with E-state index in [-0.39, 0.29) is 16.4 Å². The van der Waals surface area contributed by atoms with Gasteiger partial charge in [-0.05, 0) is 30.3 Å². The number of sulfonamides is 1. The van der Waals surface area contributed by atoms with Crippen molar-refractivity contribution in [2.45, 2.75) is 4.90 Å². The molecule has 0 aliphatic rings. The predicted octanol–water partition coefficient (Wildman–Crippen LogP) is 2.77. The van der Waals surface area contributed by atoms with Gasteiger partial charge in [0.15, 0.2) is 0 Å². The smallest absolute Gasteiger partial charge is 0.263 e. The molecule has 0 atom stereocenters. The number of nitrogens with two attached hydrogens (primary N) is 1. The monoisotopic (exact) mass is 317 g/mol. The molecule has 8 heteroatoms. The number of halogens is 2. The number of hydrogen-bond donors (Lipinski definition) is 2. The Labute approximate surface area is 120 Å². The van der Waals surface area contributed by atoms with Crippen LogP contribution < -0.4 is 10.5 Å². The van der Waals surface area contributed by atoms with Gasteiger partial charge in [0.1, 0.15) is 5.82 Å². The highest BCUT2D eigenvalue weighted by Gasteiger charge is 2.15. The van der Waals surface area contributed by atoms with Gasteiger partial charge in [-0.2, -0.15) is 0 Å². The molecule has 1 heterocycles. The zero-order valence-corrected chi connectivity index (χ0v) is 11.8. The summed E-state index contributed by atoms with van der Waals surface area (Å²) in [6, 6.07) is 7.04. The highest BCUT2D eigenvalue weighted by atomic mass is 35.5. The number of nitrogens with zero attached hydrogens (tertiary/aromatic N) is 1. The molecule has 100 valence electrons. The largest absolute Gasteiger partial charge is 0.397 e. The molecule has 0 bridgehead atoms. The van der Waals surface area contributed by atoms with E-state index in [1.807, 2.05) is 0 Å². The van der Waals surface area contributed by atoms with E-state index in [0.29, 0.717) is 10.0 Å². The van der Waals surface area contributed by atoms with E-state index in [4.69, 9.17) is 28.9 Å². The molecule has 0 spiro atoms. The number of rotatable bonds is 3. The van der Waals surface area contributed by atoms with E-state index in [1.54, 1.807) is 0 Å². The van der Waals surface area contributed by atoms with Gasteiger partial charge in [0.05, 0.1) is 20.6 Å². The predicted molar refractivity (Wildman–Crippen MR) is 75.9 cm³/mol. The molecule has 0 saturated carbocycles. The molecule has 2 aromatic rings. The number of pyridine rings is 1. The summed E-state index contributed by atoms with van der Waals surface area (Å²) in [5.41, 5.74) is 5.76. The first-order valence-corrected chi connectivity index (χ1v) is 7.32. The lowest BCUT2D eigenvalue weighted by molar-refractivity contribution is 0.601. The first kappa shape index (κ1) is 13.9. The standard InChI is InChI=1S/C11H9Cl2N3O2S/c12-7-1-4-11(15-6-7)16-19(17,18)8-2-3-9(13)10(14)5-8/h1-6H,14H2,(H,15,16). The Hall–Kier alpha value is -1.50. The number of benzene rings is 1. The highest BCUT2D eigenvalue weighted by molar-refractivity contribution is 7.92. The average molecular weight is 318 g/mol. The van der Waals surface area contributed by atoms with Crippen molar-refractivity contribution < 1.29 is 8.42 Å². The molecule has 0 fully saturated rings. The van der Waals surface area contributed by atoms with Gasteiger partial charge in [-0.15, -0.1) is 0 Å². The summed E-state index contributed by atoms with van der Waals surface area (Å²) >= 11 is 11.4. The van der Waals surface area contributed by atoms with Crippen molar-refractivity contribution in [2.75, 3.05) is 10.5 Å². The first-order chi connectivity index (χ1) is 8.88. The Balaban J connectivity index is 2.32. The van der Waals surface area contributed by atoms with Crippen LogP contribution in [0.5, 0.6) is 0 Å². The Morgan fingerprint density at radius 1 is 1.16 bits per heavy atom. The number of nitrogens with one attached hydrogen (secondary N) is 1. The minimum absolute atomic E-state index is 0.00569. The summed E-state index contributed by atoms with van der Waals surface area (Å²) in [5, 5.41) is 0.710. The highest BCUT2D eigenvalue weighted by Crippen LogP contribution is 2.23. The van der Waals surface area contributed by atoms with Crippen LogP contribution in [-0.4, -0.2) is 13.4 Å². The van der Waals surface area contributed by atoms with Crippen LogP contribution >= 0.6 is 23.2 Å². The van der Waals surface area contributed by atoms with Crippen LogP contribution in [0.4, 0.5) is 11.5 Å². The van der Waals surface area contributed by atoms with Gasteiger partial charge in [0, 0.05) is 6.20 Å². The van der Waals surface area contributed by atoms with Crippen LogP contribution in [0.2, 0.25) is 10.0 Å². The zero-order valence-electron chi connectivity index (χ0n) is 9.47. The van der Waals surface area contributed by atoms with Crippen LogP contribution in [-0.2, 0) is 10.0 Å². The SMILES string of the molecule is Nc1cc(S(=O)(=O)Nc2ccc(Cl)cn2)ccc1Cl. The second kappa shape index (κ2) is 5.24. The maximum absolute atomic E-state index is 12.1. The fourth-order valence-electron chi connectivity index (χ4n) is 1.32. The van der Waals surface area contributed by atoms with E-state index in [2.05, 4.69) is 9.71 Å². The molecule has 3 N–H and O–H groups in total. The first-order valence-electron chi connectivity index (χ1n) is 5.08. The molecule has 0 aliphatic carbocycles. The third-order valence-electron chi connectivity index (χ3n) is 2.24. The maximum atomic E-state index is 12.1. The topological polar surface area (TPSA) is 85.1 Å². The Morgan fingerprint density at radius 3 is 2.47 bits per heavy atom. The number of hydrogen-bond acceptors (Lipinski definition) is 4. The summed E-state index contributed by atoms with van der Waals surface area (Å²) in [6.07, 6.45) is 1.34. The summed E-state index contributed by atoms with van der Waals surface area (Å²) in [7, 11) is -3.76. The summed E-state index contributed by atoms with van der Waals surface area (Å²) < 4.78 is 26.4. The zero-order chi connectivity index (χ0) is 14.0. The molecule has 2 rings (SSSR count). The van der Waals surface area contributed by atoms with E-state index in [9.17, 15) is 8.42 Å². The van der Waals surface area contributed by atoms with E-state index in [0.717, 1.165) is 0 Å². The Kier molecular flexibility index (Phi) is 3.84. The lowest BCUT2D eigenvalue weighted by Crippen LogP contribution is -2.14. The third-order valence-corrected chi connectivity index (χ3v) is 4.16. The van der Waals surface area contributed by atoms with Crippen LogP contribution in [0.1, 0.15) is 0 Å². The van der Waals surface area contributed by atoms with E-state index in [1.165, 1.54) is 36.5 Å². The molecular weight excluding hydrogens is 309 g/mol. The summed E-state index contributed by atoms with van der Waals surface area (Å²) in [5.74, 6) is 0.165. The van der Waals surface area contributed by atoms with Gasteiger partial charge < -0.3 is 5.73 Å². The van der Waals surface area contributed by atoms with Gasteiger partial charge in [-0.25, -0.2) is 13.4 Å².